The van der Waals surface area contributed by atoms with Gasteiger partial charge in [-0.05, 0) is 0 Å². The lowest BCUT2D eigenvalue weighted by Gasteiger charge is -2.13. The summed E-state index contributed by atoms with van der Waals surface area (Å²) in [6.45, 7) is 0. The van der Waals surface area contributed by atoms with E-state index in [4.69, 9.17) is 15.3 Å². The minimum Gasteiger partial charge on any atom is -0.481 e. The Morgan fingerprint density at radius 2 is 1.83 bits per heavy atom. The van der Waals surface area contributed by atoms with E-state index in [-0.39, 0.29) is 0 Å². The molecule has 12 heavy (non-hydrogen) atoms. The molecule has 6 nitrogen and oxygen atoms in total. The van der Waals surface area contributed by atoms with Gasteiger partial charge in [-0.2, -0.15) is 0 Å². The number of sulfone groups is 1. The fourth-order valence-corrected chi connectivity index (χ4v) is 1.54. The monoisotopic (exact) mass is 198 g/mol. The van der Waals surface area contributed by atoms with E-state index in [9.17, 15) is 13.2 Å². The summed E-state index contributed by atoms with van der Waals surface area (Å²) in [5.41, 5.74) is 0. The van der Waals surface area contributed by atoms with Crippen molar-refractivity contribution in [1.29, 1.82) is 0 Å². The lowest BCUT2D eigenvalue weighted by molar-refractivity contribution is -0.139. The summed E-state index contributed by atoms with van der Waals surface area (Å²) >= 11 is 0. The van der Waals surface area contributed by atoms with E-state index < -0.39 is 33.8 Å². The Labute approximate surface area is 69.4 Å². The molecule has 0 aliphatic rings. The molecule has 0 rings (SSSR count). The third-order valence-electron chi connectivity index (χ3n) is 1.26. The maximum atomic E-state index is 10.7. The van der Waals surface area contributed by atoms with Crippen molar-refractivity contribution >= 4 is 15.8 Å². The molecular formula is C5H10O6S. The van der Waals surface area contributed by atoms with Crippen LogP contribution in [0.5, 0.6) is 0 Å². The number of hydrogen-bond acceptors (Lipinski definition) is 5. The second-order valence-corrected chi connectivity index (χ2v) is 4.64. The van der Waals surface area contributed by atoms with E-state index in [1.807, 2.05) is 0 Å². The third kappa shape index (κ3) is 3.65. The topological polar surface area (TPSA) is 112 Å². The van der Waals surface area contributed by atoms with Crippen molar-refractivity contribution in [3.05, 3.63) is 0 Å². The van der Waals surface area contributed by atoms with Gasteiger partial charge in [0.15, 0.2) is 16.1 Å². The first-order valence-electron chi connectivity index (χ1n) is 3.02. The second kappa shape index (κ2) is 3.83. The highest BCUT2D eigenvalue weighted by atomic mass is 32.2. The maximum absolute atomic E-state index is 10.7. The molecule has 0 aliphatic carbocycles. The molecule has 3 N–H and O–H groups in total. The Hall–Kier alpha value is -0.660. The number of carbonyl (C=O) groups is 1. The van der Waals surface area contributed by atoms with E-state index in [2.05, 4.69) is 0 Å². The number of aliphatic hydroxyl groups is 2. The lowest BCUT2D eigenvalue weighted by atomic mass is 10.3. The number of carboxylic acids is 1. The van der Waals surface area contributed by atoms with Crippen LogP contribution in [-0.2, 0) is 14.6 Å². The van der Waals surface area contributed by atoms with Gasteiger partial charge in [0.1, 0.15) is 5.25 Å². The van der Waals surface area contributed by atoms with Crippen molar-refractivity contribution in [2.75, 3.05) is 6.26 Å². The number of aliphatic hydroxyl groups excluding tert-OH is 1. The normalized spacial score (nSPS) is 14.7. The van der Waals surface area contributed by atoms with Gasteiger partial charge in [-0.1, -0.05) is 0 Å². The lowest BCUT2D eigenvalue weighted by Crippen LogP contribution is -2.35. The van der Waals surface area contributed by atoms with Crippen molar-refractivity contribution in [3.63, 3.8) is 0 Å². The Morgan fingerprint density at radius 1 is 1.42 bits per heavy atom. The standard InChI is InChI=1S/C5H10O6S/c1-12(10,11)3(5(8)9)2-4(6)7/h3,5,8-9H,2H2,1H3,(H,6,7)/t3-/m0/s1. The van der Waals surface area contributed by atoms with Crippen molar-refractivity contribution in [1.82, 2.24) is 0 Å². The third-order valence-corrected chi connectivity index (χ3v) is 2.77. The molecule has 0 saturated heterocycles. The number of carboxylic acid groups (broad SMARTS) is 1. The zero-order chi connectivity index (χ0) is 9.94. The molecule has 0 radical (unpaired) electrons. The predicted octanol–water partition coefficient (Wildman–Crippen LogP) is -1.81. The number of aliphatic carboxylic acids is 1. The molecule has 0 bridgehead atoms. The Balaban J connectivity index is 4.58. The number of hydrogen-bond donors (Lipinski definition) is 3. The van der Waals surface area contributed by atoms with Gasteiger partial charge in [-0.15, -0.1) is 0 Å². The highest BCUT2D eigenvalue weighted by molar-refractivity contribution is 7.91. The molecule has 0 fully saturated rings. The SMILES string of the molecule is CS(=O)(=O)[C@@H](CC(=O)O)C(O)O. The van der Waals surface area contributed by atoms with Crippen LogP contribution in [0.15, 0.2) is 0 Å². The Kier molecular flexibility index (Phi) is 3.62. The van der Waals surface area contributed by atoms with Gasteiger partial charge in [0, 0.05) is 6.26 Å². The van der Waals surface area contributed by atoms with Gasteiger partial charge >= 0.3 is 5.97 Å². The highest BCUT2D eigenvalue weighted by Crippen LogP contribution is 2.07. The maximum Gasteiger partial charge on any atom is 0.304 e. The van der Waals surface area contributed by atoms with Crippen molar-refractivity contribution in [2.24, 2.45) is 0 Å². The molecule has 1 atom stereocenters. The van der Waals surface area contributed by atoms with Crippen molar-refractivity contribution in [2.45, 2.75) is 18.0 Å². The highest BCUT2D eigenvalue weighted by Gasteiger charge is 2.29. The van der Waals surface area contributed by atoms with Gasteiger partial charge in [-0.25, -0.2) is 8.42 Å². The summed E-state index contributed by atoms with van der Waals surface area (Å²) in [6, 6.07) is 0. The van der Waals surface area contributed by atoms with Gasteiger partial charge in [0.2, 0.25) is 0 Å². The number of rotatable bonds is 4. The summed E-state index contributed by atoms with van der Waals surface area (Å²) in [4.78, 5) is 10.1. The fraction of sp³-hybridized carbons (Fsp3) is 0.800. The van der Waals surface area contributed by atoms with Crippen LogP contribution < -0.4 is 0 Å². The molecular weight excluding hydrogens is 188 g/mol. The predicted molar refractivity (Wildman–Crippen MR) is 39.1 cm³/mol. The fourth-order valence-electron chi connectivity index (χ4n) is 0.650. The molecule has 0 aromatic rings. The zero-order valence-electron chi connectivity index (χ0n) is 6.34. The van der Waals surface area contributed by atoms with Crippen molar-refractivity contribution in [3.8, 4) is 0 Å². The smallest absolute Gasteiger partial charge is 0.304 e. The van der Waals surface area contributed by atoms with Crippen LogP contribution in [0.3, 0.4) is 0 Å². The van der Waals surface area contributed by atoms with Crippen LogP contribution in [0.25, 0.3) is 0 Å². The van der Waals surface area contributed by atoms with Crippen LogP contribution in [-0.4, -0.2) is 47.5 Å². The largest absolute Gasteiger partial charge is 0.481 e. The summed E-state index contributed by atoms with van der Waals surface area (Å²) in [7, 11) is -3.74. The van der Waals surface area contributed by atoms with E-state index >= 15 is 0 Å². The molecule has 0 saturated carbocycles. The average Bonchev–Trinajstić information content (AvgIpc) is 1.79. The molecule has 0 spiro atoms. The molecule has 0 unspecified atom stereocenters. The van der Waals surface area contributed by atoms with Crippen LogP contribution >= 0.6 is 0 Å². The van der Waals surface area contributed by atoms with E-state index in [0.29, 0.717) is 0 Å². The molecule has 0 aromatic carbocycles. The van der Waals surface area contributed by atoms with Gasteiger partial charge < -0.3 is 15.3 Å². The molecule has 7 heteroatoms. The van der Waals surface area contributed by atoms with Crippen molar-refractivity contribution < 1.29 is 28.5 Å². The van der Waals surface area contributed by atoms with Gasteiger partial charge in [-0.3, -0.25) is 4.79 Å². The van der Waals surface area contributed by atoms with Crippen LogP contribution in [0.1, 0.15) is 6.42 Å². The molecule has 0 aliphatic heterocycles. The quantitative estimate of drug-likeness (QED) is 0.459. The summed E-state index contributed by atoms with van der Waals surface area (Å²) < 4.78 is 21.5. The van der Waals surface area contributed by atoms with Gasteiger partial charge in [0.05, 0.1) is 6.42 Å². The molecule has 0 amide bonds. The minimum absolute atomic E-state index is 0.750. The average molecular weight is 198 g/mol. The summed E-state index contributed by atoms with van der Waals surface area (Å²) in [5.74, 6) is -1.39. The minimum atomic E-state index is -3.74. The van der Waals surface area contributed by atoms with E-state index in [1.165, 1.54) is 0 Å². The van der Waals surface area contributed by atoms with Crippen LogP contribution in [0, 0.1) is 0 Å². The Bertz CT molecular complexity index is 253. The zero-order valence-corrected chi connectivity index (χ0v) is 7.15. The van der Waals surface area contributed by atoms with Crippen LogP contribution in [0.4, 0.5) is 0 Å². The second-order valence-electron chi connectivity index (χ2n) is 2.38. The summed E-state index contributed by atoms with van der Waals surface area (Å²) in [5, 5.41) is 23.6. The molecule has 0 aromatic heterocycles. The first kappa shape index (κ1) is 11.3. The van der Waals surface area contributed by atoms with Crippen LogP contribution in [0.2, 0.25) is 0 Å². The molecule has 0 heterocycles. The summed E-state index contributed by atoms with van der Waals surface area (Å²) in [6.07, 6.45) is -2.22. The van der Waals surface area contributed by atoms with Gasteiger partial charge in [0.25, 0.3) is 0 Å². The first-order chi connectivity index (χ1) is 5.25. The Morgan fingerprint density at radius 3 is 1.92 bits per heavy atom. The molecule has 72 valence electrons. The van der Waals surface area contributed by atoms with E-state index in [1.54, 1.807) is 0 Å². The first-order valence-corrected chi connectivity index (χ1v) is 4.97. The van der Waals surface area contributed by atoms with E-state index in [0.717, 1.165) is 6.26 Å².